The summed E-state index contributed by atoms with van der Waals surface area (Å²) in [5.74, 6) is 1.13. The minimum atomic E-state index is -0.402. The Morgan fingerprint density at radius 2 is 1.82 bits per heavy atom. The fourth-order valence-corrected chi connectivity index (χ4v) is 2.75. The molecule has 0 aliphatic heterocycles. The molecule has 0 fully saturated rings. The van der Waals surface area contributed by atoms with Crippen LogP contribution in [0.3, 0.4) is 0 Å². The summed E-state index contributed by atoms with van der Waals surface area (Å²) >= 11 is 5.98. The molecule has 0 radical (unpaired) electrons. The number of benzene rings is 2. The van der Waals surface area contributed by atoms with Crippen LogP contribution in [0, 0.1) is 0 Å². The van der Waals surface area contributed by atoms with Gasteiger partial charge in [-0.25, -0.2) is 9.97 Å². The number of hydrogen-bond acceptors (Lipinski definition) is 5. The minimum absolute atomic E-state index is 0.183. The van der Waals surface area contributed by atoms with Crippen molar-refractivity contribution in [3.8, 4) is 5.75 Å². The molecule has 0 aliphatic carbocycles. The van der Waals surface area contributed by atoms with Crippen LogP contribution >= 0.6 is 11.6 Å². The Kier molecular flexibility index (Phi) is 6.11. The van der Waals surface area contributed by atoms with Crippen LogP contribution in [0.1, 0.15) is 35.8 Å². The van der Waals surface area contributed by atoms with E-state index in [-0.39, 0.29) is 5.69 Å². The lowest BCUT2D eigenvalue weighted by Crippen LogP contribution is -2.15. The van der Waals surface area contributed by atoms with Crippen LogP contribution < -0.4 is 15.4 Å². The van der Waals surface area contributed by atoms with E-state index in [1.165, 1.54) is 25.1 Å². The number of aromatic nitrogens is 2. The molecule has 6 nitrogen and oxygen atoms in total. The molecule has 0 unspecified atom stereocenters. The Morgan fingerprint density at radius 1 is 1.07 bits per heavy atom. The Balaban J connectivity index is 1.68. The van der Waals surface area contributed by atoms with Crippen molar-refractivity contribution >= 4 is 34.7 Å². The molecule has 2 N–H and O–H groups in total. The molecule has 3 aromatic rings. The van der Waals surface area contributed by atoms with Crippen molar-refractivity contribution in [2.24, 2.45) is 0 Å². The van der Waals surface area contributed by atoms with E-state index in [4.69, 9.17) is 16.3 Å². The van der Waals surface area contributed by atoms with Gasteiger partial charge >= 0.3 is 0 Å². The normalized spacial score (nSPS) is 10.6. The van der Waals surface area contributed by atoms with E-state index in [9.17, 15) is 4.79 Å². The third-order valence-corrected chi connectivity index (χ3v) is 4.38. The summed E-state index contributed by atoms with van der Waals surface area (Å²) in [5, 5.41) is 6.39. The van der Waals surface area contributed by atoms with Gasteiger partial charge in [0.05, 0.1) is 25.2 Å². The fourth-order valence-electron chi connectivity index (χ4n) is 2.57. The highest BCUT2D eigenvalue weighted by Gasteiger charge is 2.12. The topological polar surface area (TPSA) is 76.1 Å². The number of methoxy groups -OCH3 is 1. The minimum Gasteiger partial charge on any atom is -0.495 e. The van der Waals surface area contributed by atoms with E-state index in [2.05, 4.69) is 46.6 Å². The molecule has 0 atom stereocenters. The molecule has 1 heterocycles. The van der Waals surface area contributed by atoms with Crippen molar-refractivity contribution in [1.29, 1.82) is 0 Å². The van der Waals surface area contributed by atoms with E-state index >= 15 is 0 Å². The zero-order chi connectivity index (χ0) is 20.1. The van der Waals surface area contributed by atoms with Crippen molar-refractivity contribution in [1.82, 2.24) is 9.97 Å². The van der Waals surface area contributed by atoms with Crippen LogP contribution in [0.25, 0.3) is 0 Å². The highest BCUT2D eigenvalue weighted by Crippen LogP contribution is 2.28. The number of halogens is 1. The van der Waals surface area contributed by atoms with Gasteiger partial charge in [-0.05, 0) is 41.8 Å². The Hall–Kier alpha value is -3.12. The number of nitrogens with one attached hydrogen (secondary N) is 2. The fraction of sp³-hybridized carbons (Fsp3) is 0.190. The first-order chi connectivity index (χ1) is 13.5. The van der Waals surface area contributed by atoms with Crippen LogP contribution in [-0.4, -0.2) is 23.0 Å². The lowest BCUT2D eigenvalue weighted by Gasteiger charge is -2.11. The van der Waals surface area contributed by atoms with Gasteiger partial charge in [0.25, 0.3) is 5.91 Å². The number of anilines is 3. The molecule has 28 heavy (non-hydrogen) atoms. The Bertz CT molecular complexity index is 957. The number of nitrogens with zero attached hydrogens (tertiary/aromatic N) is 2. The van der Waals surface area contributed by atoms with E-state index in [1.54, 1.807) is 18.2 Å². The van der Waals surface area contributed by atoms with Crippen LogP contribution in [-0.2, 0) is 0 Å². The maximum absolute atomic E-state index is 12.4. The van der Waals surface area contributed by atoms with Crippen LogP contribution in [0.5, 0.6) is 5.75 Å². The van der Waals surface area contributed by atoms with E-state index < -0.39 is 5.91 Å². The molecule has 0 saturated carbocycles. The smallest absolute Gasteiger partial charge is 0.275 e. The van der Waals surface area contributed by atoms with Gasteiger partial charge in [-0.15, -0.1) is 0 Å². The Morgan fingerprint density at radius 3 is 2.43 bits per heavy atom. The first-order valence-electron chi connectivity index (χ1n) is 8.80. The van der Waals surface area contributed by atoms with Crippen LogP contribution in [0.4, 0.5) is 17.2 Å². The molecule has 7 heteroatoms. The summed E-state index contributed by atoms with van der Waals surface area (Å²) < 4.78 is 5.23. The third-order valence-electron chi connectivity index (χ3n) is 4.14. The third kappa shape index (κ3) is 4.78. The number of amides is 1. The molecule has 2 aromatic carbocycles. The predicted octanol–water partition coefficient (Wildman–Crippen LogP) is 5.26. The summed E-state index contributed by atoms with van der Waals surface area (Å²) in [6.45, 7) is 4.30. The highest BCUT2D eigenvalue weighted by atomic mass is 35.5. The summed E-state index contributed by atoms with van der Waals surface area (Å²) in [5.41, 5.74) is 2.82. The maximum Gasteiger partial charge on any atom is 0.275 e. The molecular weight excluding hydrogens is 376 g/mol. The van der Waals surface area contributed by atoms with E-state index in [0.717, 1.165) is 5.69 Å². The van der Waals surface area contributed by atoms with Crippen molar-refractivity contribution in [3.05, 3.63) is 71.1 Å². The van der Waals surface area contributed by atoms with Gasteiger partial charge in [-0.3, -0.25) is 4.79 Å². The van der Waals surface area contributed by atoms with Crippen LogP contribution in [0.2, 0.25) is 5.02 Å². The first kappa shape index (κ1) is 19.6. The number of hydrogen-bond donors (Lipinski definition) is 2. The summed E-state index contributed by atoms with van der Waals surface area (Å²) in [4.78, 5) is 20.9. The average Bonchev–Trinajstić information content (AvgIpc) is 2.69. The molecule has 1 amide bonds. The van der Waals surface area contributed by atoms with Crippen molar-refractivity contribution < 1.29 is 9.53 Å². The molecule has 0 bridgehead atoms. The number of rotatable bonds is 6. The largest absolute Gasteiger partial charge is 0.495 e. The molecular formula is C21H21ClN4O2. The monoisotopic (exact) mass is 396 g/mol. The maximum atomic E-state index is 12.4. The molecule has 3 rings (SSSR count). The lowest BCUT2D eigenvalue weighted by molar-refractivity contribution is 0.102. The van der Waals surface area contributed by atoms with E-state index in [1.807, 2.05) is 12.1 Å². The second kappa shape index (κ2) is 8.71. The summed E-state index contributed by atoms with van der Waals surface area (Å²) in [6, 6.07) is 13.1. The van der Waals surface area contributed by atoms with Crippen molar-refractivity contribution in [2.75, 3.05) is 17.7 Å². The van der Waals surface area contributed by atoms with Gasteiger partial charge in [0, 0.05) is 10.7 Å². The van der Waals surface area contributed by atoms with E-state index in [0.29, 0.717) is 28.2 Å². The number of carbonyl (C=O) groups is 1. The standard InChI is InChI=1S/C21H21ClN4O2/c1-13(2)14-4-7-16(8-5-14)25-20-12-23-18(11-24-20)21(27)26-17-10-15(22)6-9-19(17)28-3/h4-13H,1-3H3,(H,24,25)(H,26,27). The van der Waals surface area contributed by atoms with Crippen LogP contribution in [0.15, 0.2) is 54.9 Å². The molecule has 0 saturated heterocycles. The number of carbonyl (C=O) groups excluding carboxylic acids is 1. The predicted molar refractivity (Wildman–Crippen MR) is 112 cm³/mol. The molecule has 0 aliphatic rings. The second-order valence-electron chi connectivity index (χ2n) is 6.49. The van der Waals surface area contributed by atoms with Gasteiger partial charge in [-0.1, -0.05) is 37.6 Å². The van der Waals surface area contributed by atoms with Gasteiger partial charge in [0.15, 0.2) is 0 Å². The quantitative estimate of drug-likeness (QED) is 0.594. The number of ether oxygens (including phenoxy) is 1. The molecule has 0 spiro atoms. The lowest BCUT2D eigenvalue weighted by atomic mass is 10.0. The average molecular weight is 397 g/mol. The van der Waals surface area contributed by atoms with Crippen molar-refractivity contribution in [3.63, 3.8) is 0 Å². The summed E-state index contributed by atoms with van der Waals surface area (Å²) in [6.07, 6.45) is 2.93. The first-order valence-corrected chi connectivity index (χ1v) is 9.18. The van der Waals surface area contributed by atoms with Gasteiger partial charge < -0.3 is 15.4 Å². The molecule has 1 aromatic heterocycles. The molecule has 144 valence electrons. The van der Waals surface area contributed by atoms with Gasteiger partial charge in [0.1, 0.15) is 17.3 Å². The zero-order valence-electron chi connectivity index (χ0n) is 15.9. The van der Waals surface area contributed by atoms with Gasteiger partial charge in [-0.2, -0.15) is 0 Å². The summed E-state index contributed by atoms with van der Waals surface area (Å²) in [7, 11) is 1.52. The Labute approximate surface area is 168 Å². The SMILES string of the molecule is COc1ccc(Cl)cc1NC(=O)c1cnc(Nc2ccc(C(C)C)cc2)cn1. The highest BCUT2D eigenvalue weighted by molar-refractivity contribution is 6.31. The zero-order valence-corrected chi connectivity index (χ0v) is 16.6. The second-order valence-corrected chi connectivity index (χ2v) is 6.92. The van der Waals surface area contributed by atoms with Crippen molar-refractivity contribution in [2.45, 2.75) is 19.8 Å². The van der Waals surface area contributed by atoms with Gasteiger partial charge in [0.2, 0.25) is 0 Å².